The maximum atomic E-state index is 12.1. The molecule has 0 N–H and O–H groups in total. The minimum atomic E-state index is -1.35. The van der Waals surface area contributed by atoms with Crippen LogP contribution in [-0.4, -0.2) is 27.1 Å². The molecule has 100 valence electrons. The van der Waals surface area contributed by atoms with E-state index in [2.05, 4.69) is 15.9 Å². The molecule has 0 unspecified atom stereocenters. The van der Waals surface area contributed by atoms with E-state index < -0.39 is 17.9 Å². The SMILES string of the molecule is C[C@@H](C(=O)[O-])N1C(=O)/C(=C\c2ccc(Br)o2)SC1=S. The zero-order valence-corrected chi connectivity index (χ0v) is 12.8. The molecular weight excluding hydrogens is 354 g/mol. The number of aliphatic carboxylic acids is 1. The summed E-state index contributed by atoms with van der Waals surface area (Å²) in [6, 6.07) is 2.27. The molecule has 1 aromatic heterocycles. The number of thiocarbonyl (C=S) groups is 1. The van der Waals surface area contributed by atoms with Crippen LogP contribution in [0.1, 0.15) is 12.7 Å². The zero-order chi connectivity index (χ0) is 14.2. The lowest BCUT2D eigenvalue weighted by atomic mass is 10.3. The van der Waals surface area contributed by atoms with E-state index in [0.717, 1.165) is 16.7 Å². The average molecular weight is 361 g/mol. The molecule has 1 aromatic rings. The van der Waals surface area contributed by atoms with Crippen molar-refractivity contribution < 1.29 is 19.1 Å². The molecule has 0 radical (unpaired) electrons. The molecule has 1 fully saturated rings. The molecule has 0 aromatic carbocycles. The number of hydrogen-bond acceptors (Lipinski definition) is 6. The lowest BCUT2D eigenvalue weighted by Gasteiger charge is -2.23. The lowest BCUT2D eigenvalue weighted by Crippen LogP contribution is -2.48. The number of nitrogens with zero attached hydrogens (tertiary/aromatic N) is 1. The van der Waals surface area contributed by atoms with E-state index in [0.29, 0.717) is 15.3 Å². The molecule has 5 nitrogen and oxygen atoms in total. The first-order valence-corrected chi connectivity index (χ1v) is 7.15. The van der Waals surface area contributed by atoms with Gasteiger partial charge in [-0.15, -0.1) is 0 Å². The van der Waals surface area contributed by atoms with Crippen molar-refractivity contribution in [3.63, 3.8) is 0 Å². The summed E-state index contributed by atoms with van der Waals surface area (Å²) in [5.41, 5.74) is 0. The Labute approximate surface area is 126 Å². The summed E-state index contributed by atoms with van der Waals surface area (Å²) in [5.74, 6) is -1.33. The van der Waals surface area contributed by atoms with Gasteiger partial charge in [-0.05, 0) is 35.0 Å². The molecule has 1 aliphatic rings. The number of carboxylic acid groups (broad SMARTS) is 1. The first-order valence-electron chi connectivity index (χ1n) is 5.13. The highest BCUT2D eigenvalue weighted by atomic mass is 79.9. The third-order valence-corrected chi connectivity index (χ3v) is 4.18. The van der Waals surface area contributed by atoms with Crippen molar-refractivity contribution in [2.45, 2.75) is 13.0 Å². The van der Waals surface area contributed by atoms with Gasteiger partial charge in [-0.1, -0.05) is 24.0 Å². The first-order chi connectivity index (χ1) is 8.90. The highest BCUT2D eigenvalue weighted by Crippen LogP contribution is 2.34. The number of hydrogen-bond donors (Lipinski definition) is 0. The molecule has 2 heterocycles. The lowest BCUT2D eigenvalue weighted by molar-refractivity contribution is -0.309. The molecule has 1 aliphatic heterocycles. The minimum absolute atomic E-state index is 0.193. The highest BCUT2D eigenvalue weighted by Gasteiger charge is 2.36. The summed E-state index contributed by atoms with van der Waals surface area (Å²) >= 11 is 9.19. The third kappa shape index (κ3) is 2.90. The highest BCUT2D eigenvalue weighted by molar-refractivity contribution is 9.10. The van der Waals surface area contributed by atoms with Crippen molar-refractivity contribution in [1.82, 2.24) is 4.90 Å². The fourth-order valence-corrected chi connectivity index (χ4v) is 3.17. The molecule has 1 atom stereocenters. The largest absolute Gasteiger partial charge is 0.548 e. The number of carboxylic acids is 1. The van der Waals surface area contributed by atoms with E-state index in [1.807, 2.05) is 0 Å². The van der Waals surface area contributed by atoms with Gasteiger partial charge in [-0.25, -0.2) is 0 Å². The van der Waals surface area contributed by atoms with Crippen LogP contribution in [0.15, 0.2) is 26.1 Å². The van der Waals surface area contributed by atoms with Gasteiger partial charge in [0.2, 0.25) is 0 Å². The van der Waals surface area contributed by atoms with Crippen molar-refractivity contribution >= 4 is 62.2 Å². The smallest absolute Gasteiger partial charge is 0.266 e. The molecule has 19 heavy (non-hydrogen) atoms. The molecule has 0 saturated carbocycles. The maximum absolute atomic E-state index is 12.1. The van der Waals surface area contributed by atoms with Crippen molar-refractivity contribution in [3.05, 3.63) is 27.5 Å². The molecular formula is C11H7BrNO4S2-. The van der Waals surface area contributed by atoms with Crippen LogP contribution in [-0.2, 0) is 9.59 Å². The van der Waals surface area contributed by atoms with Gasteiger partial charge in [0.1, 0.15) is 10.1 Å². The summed E-state index contributed by atoms with van der Waals surface area (Å²) in [6.07, 6.45) is 1.52. The number of rotatable bonds is 3. The van der Waals surface area contributed by atoms with Crippen LogP contribution in [0.5, 0.6) is 0 Å². The Bertz CT molecular complexity index is 595. The summed E-state index contributed by atoms with van der Waals surface area (Å²) in [5, 5.41) is 10.8. The number of halogens is 1. The first kappa shape index (κ1) is 14.3. The predicted octanol–water partition coefficient (Wildman–Crippen LogP) is 1.38. The number of amides is 1. The Kier molecular flexibility index (Phi) is 4.12. The van der Waals surface area contributed by atoms with E-state index in [-0.39, 0.29) is 4.32 Å². The van der Waals surface area contributed by atoms with Crippen LogP contribution in [0.2, 0.25) is 0 Å². The normalized spacial score (nSPS) is 19.3. The Balaban J connectivity index is 2.27. The van der Waals surface area contributed by atoms with Gasteiger partial charge < -0.3 is 14.3 Å². The molecule has 1 saturated heterocycles. The van der Waals surface area contributed by atoms with Crippen molar-refractivity contribution in [3.8, 4) is 0 Å². The maximum Gasteiger partial charge on any atom is 0.266 e. The van der Waals surface area contributed by atoms with Gasteiger partial charge in [0.15, 0.2) is 4.67 Å². The van der Waals surface area contributed by atoms with Crippen molar-refractivity contribution in [2.75, 3.05) is 0 Å². The molecule has 2 rings (SSSR count). The zero-order valence-electron chi connectivity index (χ0n) is 9.58. The number of thioether (sulfide) groups is 1. The number of carbonyl (C=O) groups is 2. The summed E-state index contributed by atoms with van der Waals surface area (Å²) in [6.45, 7) is 1.35. The Morgan fingerprint density at radius 2 is 2.32 bits per heavy atom. The summed E-state index contributed by atoms with van der Waals surface area (Å²) in [7, 11) is 0. The van der Waals surface area contributed by atoms with Gasteiger partial charge in [-0.2, -0.15) is 0 Å². The third-order valence-electron chi connectivity index (χ3n) is 2.42. The average Bonchev–Trinajstić information content (AvgIpc) is 2.84. The molecule has 0 bridgehead atoms. The Morgan fingerprint density at radius 1 is 1.63 bits per heavy atom. The number of carbonyl (C=O) groups excluding carboxylic acids is 2. The monoisotopic (exact) mass is 360 g/mol. The van der Waals surface area contributed by atoms with Gasteiger partial charge >= 0.3 is 0 Å². The number of furan rings is 1. The van der Waals surface area contributed by atoms with Crippen LogP contribution in [0.25, 0.3) is 6.08 Å². The quantitative estimate of drug-likeness (QED) is 0.598. The fraction of sp³-hybridized carbons (Fsp3) is 0.182. The van der Waals surface area contributed by atoms with Crippen molar-refractivity contribution in [2.24, 2.45) is 0 Å². The Morgan fingerprint density at radius 3 is 2.84 bits per heavy atom. The van der Waals surface area contributed by atoms with E-state index in [1.165, 1.54) is 13.0 Å². The van der Waals surface area contributed by atoms with Crippen LogP contribution in [0, 0.1) is 0 Å². The van der Waals surface area contributed by atoms with Gasteiger partial charge in [-0.3, -0.25) is 9.69 Å². The van der Waals surface area contributed by atoms with Crippen LogP contribution in [0.4, 0.5) is 0 Å². The van der Waals surface area contributed by atoms with Crippen LogP contribution < -0.4 is 5.11 Å². The molecule has 0 spiro atoms. The van der Waals surface area contributed by atoms with Gasteiger partial charge in [0, 0.05) is 6.08 Å². The molecule has 1 amide bonds. The summed E-state index contributed by atoms with van der Waals surface area (Å²) < 4.78 is 5.99. The van der Waals surface area contributed by atoms with Gasteiger partial charge in [0.25, 0.3) is 5.91 Å². The predicted molar refractivity (Wildman–Crippen MR) is 75.9 cm³/mol. The van der Waals surface area contributed by atoms with Gasteiger partial charge in [0.05, 0.1) is 16.9 Å². The second-order valence-electron chi connectivity index (χ2n) is 3.69. The van der Waals surface area contributed by atoms with Crippen LogP contribution >= 0.6 is 39.9 Å². The van der Waals surface area contributed by atoms with Crippen molar-refractivity contribution in [1.29, 1.82) is 0 Å². The molecule has 0 aliphatic carbocycles. The Hall–Kier alpha value is -1.12. The standard InChI is InChI=1S/C11H8BrNO4S2/c1-5(10(15)16)13-9(14)7(19-11(13)18)4-6-2-3-8(12)17-6/h2-5H,1H3,(H,15,16)/p-1/b7-4+/t5-/m0/s1. The van der Waals surface area contributed by atoms with E-state index >= 15 is 0 Å². The summed E-state index contributed by atoms with van der Waals surface area (Å²) in [4.78, 5) is 24.3. The topological polar surface area (TPSA) is 73.6 Å². The second kappa shape index (κ2) is 5.48. The van der Waals surface area contributed by atoms with Crippen LogP contribution in [0.3, 0.4) is 0 Å². The fourth-order valence-electron chi connectivity index (χ4n) is 1.45. The molecule has 8 heteroatoms. The van der Waals surface area contributed by atoms with E-state index in [4.69, 9.17) is 16.6 Å². The second-order valence-corrected chi connectivity index (χ2v) is 6.15. The van der Waals surface area contributed by atoms with E-state index in [1.54, 1.807) is 12.1 Å². The van der Waals surface area contributed by atoms with E-state index in [9.17, 15) is 14.7 Å². The minimum Gasteiger partial charge on any atom is -0.548 e.